The molecule has 6 nitrogen and oxygen atoms in total. The Morgan fingerprint density at radius 2 is 2.04 bits per heavy atom. The van der Waals surface area contributed by atoms with Crippen molar-refractivity contribution in [3.8, 4) is 0 Å². The lowest BCUT2D eigenvalue weighted by Crippen LogP contribution is -2.49. The Balaban J connectivity index is 1.72. The van der Waals surface area contributed by atoms with Crippen LogP contribution in [0, 0.1) is 6.92 Å². The van der Waals surface area contributed by atoms with E-state index >= 15 is 0 Å². The summed E-state index contributed by atoms with van der Waals surface area (Å²) in [5.41, 5.74) is 1.39. The van der Waals surface area contributed by atoms with E-state index in [1.54, 1.807) is 6.92 Å². The summed E-state index contributed by atoms with van der Waals surface area (Å²) in [5, 5.41) is 0. The summed E-state index contributed by atoms with van der Waals surface area (Å²) in [7, 11) is 2.08. The predicted octanol–water partition coefficient (Wildman–Crippen LogP) is 1.14. The first-order valence-corrected chi connectivity index (χ1v) is 8.12. The number of piperazine rings is 1. The standard InChI is InChI=1S/C18H22N4O2/c1-13-19-11-15(18(24)20-13)10-17(23)22-9-8-21(2)16(12-22)14-6-4-3-5-7-14/h3-7,11,16H,8-10,12H2,1-2H3,(H,19,20,24). The average Bonchev–Trinajstić information content (AvgIpc) is 2.58. The van der Waals surface area contributed by atoms with Crippen molar-refractivity contribution in [1.29, 1.82) is 0 Å². The molecule has 0 bridgehead atoms. The average molecular weight is 326 g/mol. The monoisotopic (exact) mass is 326 g/mol. The normalized spacial score (nSPS) is 18.6. The minimum Gasteiger partial charge on any atom is -0.339 e. The van der Waals surface area contributed by atoms with Crippen LogP contribution in [0.4, 0.5) is 0 Å². The molecule has 1 aromatic heterocycles. The van der Waals surface area contributed by atoms with Crippen molar-refractivity contribution in [3.05, 3.63) is 63.8 Å². The van der Waals surface area contributed by atoms with Crippen LogP contribution in [0.25, 0.3) is 0 Å². The number of nitrogens with one attached hydrogen (secondary N) is 1. The highest BCUT2D eigenvalue weighted by atomic mass is 16.2. The lowest BCUT2D eigenvalue weighted by atomic mass is 10.0. The van der Waals surface area contributed by atoms with Crippen molar-refractivity contribution in [3.63, 3.8) is 0 Å². The summed E-state index contributed by atoms with van der Waals surface area (Å²) >= 11 is 0. The minimum atomic E-state index is -0.232. The lowest BCUT2D eigenvalue weighted by Gasteiger charge is -2.39. The fourth-order valence-corrected chi connectivity index (χ4v) is 3.05. The van der Waals surface area contributed by atoms with E-state index < -0.39 is 0 Å². The molecule has 24 heavy (non-hydrogen) atoms. The Morgan fingerprint density at radius 1 is 1.29 bits per heavy atom. The van der Waals surface area contributed by atoms with Gasteiger partial charge in [0.05, 0.1) is 12.5 Å². The Kier molecular flexibility index (Phi) is 4.76. The van der Waals surface area contributed by atoms with Crippen LogP contribution in [-0.2, 0) is 11.2 Å². The van der Waals surface area contributed by atoms with E-state index in [2.05, 4.69) is 34.0 Å². The number of aromatic amines is 1. The van der Waals surface area contributed by atoms with E-state index in [0.717, 1.165) is 6.54 Å². The second-order valence-corrected chi connectivity index (χ2v) is 6.25. The van der Waals surface area contributed by atoms with Crippen molar-refractivity contribution >= 4 is 5.91 Å². The molecule has 1 aromatic carbocycles. The maximum absolute atomic E-state index is 12.6. The molecule has 1 N–H and O–H groups in total. The Morgan fingerprint density at radius 3 is 2.75 bits per heavy atom. The summed E-state index contributed by atoms with van der Waals surface area (Å²) in [6.07, 6.45) is 1.59. The molecule has 0 spiro atoms. The number of carbonyl (C=O) groups excluding carboxylic acids is 1. The first kappa shape index (κ1) is 16.4. The van der Waals surface area contributed by atoms with Crippen molar-refractivity contribution < 1.29 is 4.79 Å². The molecule has 1 unspecified atom stereocenters. The van der Waals surface area contributed by atoms with Gasteiger partial charge in [0.2, 0.25) is 5.91 Å². The third kappa shape index (κ3) is 3.54. The quantitative estimate of drug-likeness (QED) is 0.918. The topological polar surface area (TPSA) is 69.3 Å². The zero-order chi connectivity index (χ0) is 17.1. The van der Waals surface area contributed by atoms with Crippen LogP contribution in [0.2, 0.25) is 0 Å². The zero-order valence-electron chi connectivity index (χ0n) is 14.0. The number of hydrogen-bond acceptors (Lipinski definition) is 4. The molecule has 3 rings (SSSR count). The molecular formula is C18H22N4O2. The Bertz CT molecular complexity index is 772. The second-order valence-electron chi connectivity index (χ2n) is 6.25. The van der Waals surface area contributed by atoms with Crippen LogP contribution in [0.3, 0.4) is 0 Å². The molecule has 2 aromatic rings. The van der Waals surface area contributed by atoms with Crippen LogP contribution >= 0.6 is 0 Å². The fraction of sp³-hybridized carbons (Fsp3) is 0.389. The number of amides is 1. The van der Waals surface area contributed by atoms with Gasteiger partial charge in [-0.05, 0) is 19.5 Å². The van der Waals surface area contributed by atoms with Crippen molar-refractivity contribution in [2.75, 3.05) is 26.7 Å². The zero-order valence-corrected chi connectivity index (χ0v) is 14.0. The van der Waals surface area contributed by atoms with E-state index in [1.165, 1.54) is 11.8 Å². The number of rotatable bonds is 3. The molecule has 2 heterocycles. The highest BCUT2D eigenvalue weighted by Crippen LogP contribution is 2.24. The number of carbonyl (C=O) groups is 1. The summed E-state index contributed by atoms with van der Waals surface area (Å²) in [6.45, 7) is 3.85. The molecule has 1 fully saturated rings. The van der Waals surface area contributed by atoms with E-state index in [4.69, 9.17) is 0 Å². The van der Waals surface area contributed by atoms with Crippen molar-refractivity contribution in [2.45, 2.75) is 19.4 Å². The van der Waals surface area contributed by atoms with Crippen LogP contribution < -0.4 is 5.56 Å². The van der Waals surface area contributed by atoms with Gasteiger partial charge in [-0.1, -0.05) is 30.3 Å². The maximum atomic E-state index is 12.6. The Hall–Kier alpha value is -2.47. The minimum absolute atomic E-state index is 0.0276. The predicted molar refractivity (Wildman–Crippen MR) is 91.7 cm³/mol. The number of aromatic nitrogens is 2. The van der Waals surface area contributed by atoms with E-state index in [-0.39, 0.29) is 23.9 Å². The fourth-order valence-electron chi connectivity index (χ4n) is 3.05. The molecule has 1 amide bonds. The van der Waals surface area contributed by atoms with Gasteiger partial charge in [-0.15, -0.1) is 0 Å². The molecule has 0 radical (unpaired) electrons. The summed E-state index contributed by atoms with van der Waals surface area (Å²) < 4.78 is 0. The SMILES string of the molecule is Cc1ncc(CC(=O)N2CCN(C)C(c3ccccc3)C2)c(=O)[nH]1. The largest absolute Gasteiger partial charge is 0.339 e. The van der Waals surface area contributed by atoms with E-state index in [9.17, 15) is 9.59 Å². The molecule has 126 valence electrons. The van der Waals surface area contributed by atoms with Gasteiger partial charge in [0.15, 0.2) is 0 Å². The number of likely N-dealkylation sites (N-methyl/N-ethyl adjacent to an activating group) is 1. The molecule has 0 saturated carbocycles. The molecule has 1 aliphatic rings. The molecule has 1 atom stereocenters. The van der Waals surface area contributed by atoms with Crippen LogP contribution in [0.15, 0.2) is 41.3 Å². The first-order chi connectivity index (χ1) is 11.5. The van der Waals surface area contributed by atoms with Crippen LogP contribution in [0.5, 0.6) is 0 Å². The summed E-state index contributed by atoms with van der Waals surface area (Å²) in [4.78, 5) is 35.4. The maximum Gasteiger partial charge on any atom is 0.254 e. The molecule has 6 heteroatoms. The number of H-pyrrole nitrogens is 1. The highest BCUT2D eigenvalue weighted by Gasteiger charge is 2.28. The van der Waals surface area contributed by atoms with Gasteiger partial charge in [-0.25, -0.2) is 4.98 Å². The van der Waals surface area contributed by atoms with E-state index in [0.29, 0.717) is 24.5 Å². The van der Waals surface area contributed by atoms with Crippen molar-refractivity contribution in [1.82, 2.24) is 19.8 Å². The van der Waals surface area contributed by atoms with Gasteiger partial charge in [-0.2, -0.15) is 0 Å². The summed E-state index contributed by atoms with van der Waals surface area (Å²) in [6, 6.07) is 10.4. The van der Waals surface area contributed by atoms with Crippen LogP contribution in [-0.4, -0.2) is 52.4 Å². The third-order valence-electron chi connectivity index (χ3n) is 4.53. The summed E-state index contributed by atoms with van der Waals surface area (Å²) in [5.74, 6) is 0.528. The number of benzene rings is 1. The number of aryl methyl sites for hydroxylation is 1. The van der Waals surface area contributed by atoms with Gasteiger partial charge < -0.3 is 9.88 Å². The molecule has 1 aliphatic heterocycles. The molecular weight excluding hydrogens is 304 g/mol. The van der Waals surface area contributed by atoms with Gasteiger partial charge >= 0.3 is 0 Å². The lowest BCUT2D eigenvalue weighted by molar-refractivity contribution is -0.133. The van der Waals surface area contributed by atoms with Gasteiger partial charge in [0.1, 0.15) is 5.82 Å². The third-order valence-corrected chi connectivity index (χ3v) is 4.53. The van der Waals surface area contributed by atoms with Crippen LogP contribution in [0.1, 0.15) is 23.0 Å². The number of nitrogens with zero attached hydrogens (tertiary/aromatic N) is 3. The Labute approximate surface area is 141 Å². The van der Waals surface area contributed by atoms with E-state index in [1.807, 2.05) is 23.1 Å². The smallest absolute Gasteiger partial charge is 0.254 e. The number of hydrogen-bond donors (Lipinski definition) is 1. The van der Waals surface area contributed by atoms with Crippen molar-refractivity contribution in [2.24, 2.45) is 0 Å². The molecule has 1 saturated heterocycles. The first-order valence-electron chi connectivity index (χ1n) is 8.12. The second kappa shape index (κ2) is 6.97. The highest BCUT2D eigenvalue weighted by molar-refractivity contribution is 5.78. The van der Waals surface area contributed by atoms with Gasteiger partial charge in [-0.3, -0.25) is 14.5 Å². The van der Waals surface area contributed by atoms with Gasteiger partial charge in [0.25, 0.3) is 5.56 Å². The van der Waals surface area contributed by atoms with Gasteiger partial charge in [0, 0.05) is 31.4 Å². The molecule has 0 aliphatic carbocycles.